The van der Waals surface area contributed by atoms with Crippen LogP contribution in [0.25, 0.3) is 0 Å². The third kappa shape index (κ3) is 3.95. The van der Waals surface area contributed by atoms with E-state index < -0.39 is 11.7 Å². The van der Waals surface area contributed by atoms with Crippen LogP contribution in [0.1, 0.15) is 16.7 Å². The summed E-state index contributed by atoms with van der Waals surface area (Å²) in [6.07, 6.45) is -4.50. The first kappa shape index (κ1) is 15.3. The average molecular weight is 310 g/mol. The van der Waals surface area contributed by atoms with Gasteiger partial charge < -0.3 is 11.1 Å². The lowest BCUT2D eigenvalue weighted by Gasteiger charge is -2.14. The maximum atomic E-state index is 13.0. The van der Waals surface area contributed by atoms with Gasteiger partial charge in [0.25, 0.3) is 0 Å². The molecule has 110 valence electrons. The summed E-state index contributed by atoms with van der Waals surface area (Å²) in [5, 5.41) is 2.96. The first-order chi connectivity index (χ1) is 9.88. The molecule has 3 N–H and O–H groups in total. The Morgan fingerprint density at radius 2 is 1.76 bits per heavy atom. The van der Waals surface area contributed by atoms with E-state index in [1.165, 1.54) is 12.1 Å². The monoisotopic (exact) mass is 310 g/mol. The van der Waals surface area contributed by atoms with E-state index in [0.29, 0.717) is 12.2 Å². The van der Waals surface area contributed by atoms with Crippen LogP contribution >= 0.6 is 12.2 Å². The van der Waals surface area contributed by atoms with Crippen LogP contribution in [0.2, 0.25) is 0 Å². The van der Waals surface area contributed by atoms with Gasteiger partial charge >= 0.3 is 6.18 Å². The summed E-state index contributed by atoms with van der Waals surface area (Å²) in [7, 11) is 0. The number of alkyl halides is 3. The zero-order chi connectivity index (χ0) is 15.5. The quantitative estimate of drug-likeness (QED) is 0.840. The fourth-order valence-electron chi connectivity index (χ4n) is 1.90. The molecule has 2 nitrogen and oxygen atoms in total. The zero-order valence-electron chi connectivity index (χ0n) is 10.9. The van der Waals surface area contributed by atoms with Gasteiger partial charge in [0.15, 0.2) is 0 Å². The minimum absolute atomic E-state index is 0.164. The van der Waals surface area contributed by atoms with Crippen LogP contribution in [0.4, 0.5) is 18.9 Å². The van der Waals surface area contributed by atoms with Gasteiger partial charge in [-0.1, -0.05) is 42.5 Å². The summed E-state index contributed by atoms with van der Waals surface area (Å²) in [5.41, 5.74) is 5.69. The van der Waals surface area contributed by atoms with E-state index >= 15 is 0 Å². The van der Waals surface area contributed by atoms with Crippen molar-refractivity contribution in [1.82, 2.24) is 0 Å². The van der Waals surface area contributed by atoms with Gasteiger partial charge in [-0.2, -0.15) is 13.2 Å². The lowest BCUT2D eigenvalue weighted by Crippen LogP contribution is -2.18. The van der Waals surface area contributed by atoms with Crippen molar-refractivity contribution in [2.75, 3.05) is 5.32 Å². The van der Waals surface area contributed by atoms with E-state index in [0.717, 1.165) is 11.6 Å². The molecule has 0 aliphatic carbocycles. The van der Waals surface area contributed by atoms with E-state index in [9.17, 15) is 13.2 Å². The van der Waals surface area contributed by atoms with E-state index in [1.54, 1.807) is 0 Å². The van der Waals surface area contributed by atoms with E-state index in [2.05, 4.69) is 17.5 Å². The number of benzene rings is 2. The van der Waals surface area contributed by atoms with Crippen molar-refractivity contribution in [3.63, 3.8) is 0 Å². The van der Waals surface area contributed by atoms with E-state index in [-0.39, 0.29) is 10.6 Å². The van der Waals surface area contributed by atoms with Crippen LogP contribution < -0.4 is 11.1 Å². The summed E-state index contributed by atoms with van der Waals surface area (Å²) in [6.45, 7) is 0.435. The topological polar surface area (TPSA) is 38.0 Å². The molecule has 0 atom stereocenters. The second-order valence-corrected chi connectivity index (χ2v) is 4.90. The highest BCUT2D eigenvalue weighted by Gasteiger charge is 2.34. The predicted molar refractivity (Wildman–Crippen MR) is 81.1 cm³/mol. The summed E-state index contributed by atoms with van der Waals surface area (Å²) in [4.78, 5) is -0.267. The van der Waals surface area contributed by atoms with E-state index in [4.69, 9.17) is 5.73 Å². The Kier molecular flexibility index (Phi) is 4.47. The summed E-state index contributed by atoms with van der Waals surface area (Å²) in [6, 6.07) is 13.2. The number of hydrogen-bond acceptors (Lipinski definition) is 2. The average Bonchev–Trinajstić information content (AvgIpc) is 2.45. The molecule has 0 spiro atoms. The smallest absolute Gasteiger partial charge is 0.389 e. The lowest BCUT2D eigenvalue weighted by atomic mass is 10.1. The SMILES string of the molecule is NC(=S)c1ccc(NCc2ccccc2)cc1C(F)(F)F. The predicted octanol–water partition coefficient (Wildman–Crippen LogP) is 3.95. The largest absolute Gasteiger partial charge is 0.417 e. The van der Waals surface area contributed by atoms with Gasteiger partial charge in [0, 0.05) is 17.8 Å². The standard InChI is InChI=1S/C15H13F3N2S/c16-15(17,18)13-8-11(6-7-12(13)14(19)21)20-9-10-4-2-1-3-5-10/h1-8,20H,9H2,(H2,19,21). The molecule has 0 fully saturated rings. The van der Waals surface area contributed by atoms with Gasteiger partial charge in [-0.25, -0.2) is 0 Å². The molecule has 0 aliphatic heterocycles. The Morgan fingerprint density at radius 1 is 1.10 bits per heavy atom. The molecule has 2 aromatic carbocycles. The van der Waals surface area contributed by atoms with Crippen LogP contribution in [-0.4, -0.2) is 4.99 Å². The van der Waals surface area contributed by atoms with Crippen molar-refractivity contribution in [2.24, 2.45) is 5.73 Å². The molecule has 21 heavy (non-hydrogen) atoms. The number of rotatable bonds is 4. The number of nitrogens with one attached hydrogen (secondary N) is 1. The Morgan fingerprint density at radius 3 is 2.33 bits per heavy atom. The molecule has 0 bridgehead atoms. The number of anilines is 1. The third-order valence-electron chi connectivity index (χ3n) is 2.93. The third-order valence-corrected chi connectivity index (χ3v) is 3.15. The zero-order valence-corrected chi connectivity index (χ0v) is 11.8. The molecule has 0 unspecified atom stereocenters. The van der Waals surface area contributed by atoms with Crippen LogP contribution in [0.5, 0.6) is 0 Å². The van der Waals surface area contributed by atoms with Gasteiger partial charge in [0.1, 0.15) is 4.99 Å². The minimum Gasteiger partial charge on any atom is -0.389 e. The van der Waals surface area contributed by atoms with Gasteiger partial charge in [0.2, 0.25) is 0 Å². The van der Waals surface area contributed by atoms with Crippen LogP contribution in [0, 0.1) is 0 Å². The molecular weight excluding hydrogens is 297 g/mol. The molecule has 6 heteroatoms. The summed E-state index contributed by atoms with van der Waals surface area (Å²) < 4.78 is 39.0. The van der Waals surface area contributed by atoms with Crippen molar-refractivity contribution in [2.45, 2.75) is 12.7 Å². The van der Waals surface area contributed by atoms with Gasteiger partial charge in [-0.3, -0.25) is 0 Å². The molecule has 2 aromatic rings. The van der Waals surface area contributed by atoms with Crippen molar-refractivity contribution in [3.8, 4) is 0 Å². The van der Waals surface area contributed by atoms with Crippen LogP contribution in [-0.2, 0) is 12.7 Å². The molecule has 0 amide bonds. The number of hydrogen-bond donors (Lipinski definition) is 2. The highest BCUT2D eigenvalue weighted by molar-refractivity contribution is 7.80. The molecule has 0 radical (unpaired) electrons. The summed E-state index contributed by atoms with van der Waals surface area (Å²) in [5.74, 6) is 0. The first-order valence-corrected chi connectivity index (χ1v) is 6.57. The van der Waals surface area contributed by atoms with Crippen molar-refractivity contribution < 1.29 is 13.2 Å². The molecule has 0 aliphatic rings. The number of halogens is 3. The molecule has 0 saturated carbocycles. The lowest BCUT2D eigenvalue weighted by molar-refractivity contribution is -0.137. The molecule has 2 rings (SSSR count). The second-order valence-electron chi connectivity index (χ2n) is 4.46. The first-order valence-electron chi connectivity index (χ1n) is 6.17. The molecule has 0 aromatic heterocycles. The van der Waals surface area contributed by atoms with Gasteiger partial charge in [0.05, 0.1) is 5.56 Å². The minimum atomic E-state index is -4.50. The van der Waals surface area contributed by atoms with Gasteiger partial charge in [-0.05, 0) is 23.8 Å². The molecule has 0 heterocycles. The second kappa shape index (κ2) is 6.13. The Labute approximate surface area is 125 Å². The molecular formula is C15H13F3N2S. The fraction of sp³-hybridized carbons (Fsp3) is 0.133. The Bertz CT molecular complexity index is 639. The van der Waals surface area contributed by atoms with Crippen molar-refractivity contribution in [3.05, 3.63) is 65.2 Å². The van der Waals surface area contributed by atoms with Gasteiger partial charge in [-0.15, -0.1) is 0 Å². The normalized spacial score (nSPS) is 11.2. The van der Waals surface area contributed by atoms with Crippen LogP contribution in [0.3, 0.4) is 0 Å². The highest BCUT2D eigenvalue weighted by atomic mass is 32.1. The van der Waals surface area contributed by atoms with Crippen LogP contribution in [0.15, 0.2) is 48.5 Å². The maximum absolute atomic E-state index is 13.0. The number of nitrogens with two attached hydrogens (primary N) is 1. The Balaban J connectivity index is 2.24. The summed E-state index contributed by atoms with van der Waals surface area (Å²) >= 11 is 4.66. The van der Waals surface area contributed by atoms with Crippen molar-refractivity contribution >= 4 is 22.9 Å². The van der Waals surface area contributed by atoms with Crippen molar-refractivity contribution in [1.29, 1.82) is 0 Å². The number of thiocarbonyl (C=S) groups is 1. The fourth-order valence-corrected chi connectivity index (χ4v) is 2.08. The highest BCUT2D eigenvalue weighted by Crippen LogP contribution is 2.33. The maximum Gasteiger partial charge on any atom is 0.417 e. The van der Waals surface area contributed by atoms with E-state index in [1.807, 2.05) is 30.3 Å². The molecule has 0 saturated heterocycles. The Hall–Kier alpha value is -2.08.